The number of carbonyl (C=O) groups is 1. The van der Waals surface area contributed by atoms with Gasteiger partial charge >= 0.3 is 5.97 Å². The number of aromatic carboxylic acids is 1. The van der Waals surface area contributed by atoms with Crippen LogP contribution in [0.4, 0.5) is 4.39 Å². The number of nitrogens with one attached hydrogen (secondary N) is 1. The molecule has 0 spiro atoms. The Labute approximate surface area is 112 Å². The van der Waals surface area contributed by atoms with Crippen LogP contribution in [0.25, 0.3) is 0 Å². The summed E-state index contributed by atoms with van der Waals surface area (Å²) in [4.78, 5) is 10.9. The summed E-state index contributed by atoms with van der Waals surface area (Å²) in [5.74, 6) is -0.760. The quantitative estimate of drug-likeness (QED) is 0.831. The monoisotopic (exact) mass is 265 g/mol. The Hall–Kier alpha value is -1.42. The molecule has 0 amide bonds. The normalized spacial score (nSPS) is 16.6. The zero-order valence-corrected chi connectivity index (χ0v) is 11.4. The summed E-state index contributed by atoms with van der Waals surface area (Å²) in [6, 6.07) is 3.91. The molecule has 0 unspecified atom stereocenters. The van der Waals surface area contributed by atoms with Crippen LogP contribution in [0.2, 0.25) is 0 Å². The zero-order chi connectivity index (χ0) is 14.0. The summed E-state index contributed by atoms with van der Waals surface area (Å²) in [6.07, 6.45) is 2.44. The minimum Gasteiger partial charge on any atom is -0.478 e. The van der Waals surface area contributed by atoms with Crippen LogP contribution in [0.1, 0.15) is 42.6 Å². The van der Waals surface area contributed by atoms with Gasteiger partial charge in [-0.3, -0.25) is 0 Å². The van der Waals surface area contributed by atoms with Gasteiger partial charge in [-0.05, 0) is 42.4 Å². The van der Waals surface area contributed by atoms with E-state index in [0.29, 0.717) is 23.4 Å². The van der Waals surface area contributed by atoms with E-state index in [1.807, 2.05) is 0 Å². The van der Waals surface area contributed by atoms with Gasteiger partial charge in [-0.1, -0.05) is 13.8 Å². The van der Waals surface area contributed by atoms with Gasteiger partial charge in [0.1, 0.15) is 5.82 Å². The van der Waals surface area contributed by atoms with Gasteiger partial charge in [-0.2, -0.15) is 0 Å². The fourth-order valence-electron chi connectivity index (χ4n) is 2.41. The van der Waals surface area contributed by atoms with Crippen LogP contribution >= 0.6 is 0 Å². The Balaban J connectivity index is 1.96. The molecule has 0 atom stereocenters. The Morgan fingerprint density at radius 1 is 1.47 bits per heavy atom. The van der Waals surface area contributed by atoms with Gasteiger partial charge in [0.2, 0.25) is 0 Å². The molecule has 4 heteroatoms. The average molecular weight is 265 g/mol. The first-order valence-corrected chi connectivity index (χ1v) is 6.67. The first-order valence-electron chi connectivity index (χ1n) is 6.67. The highest BCUT2D eigenvalue weighted by Gasteiger charge is 2.44. The van der Waals surface area contributed by atoms with Crippen molar-refractivity contribution < 1.29 is 14.3 Å². The van der Waals surface area contributed by atoms with Crippen molar-refractivity contribution >= 4 is 5.97 Å². The molecule has 0 radical (unpaired) electrons. The Kier molecular flexibility index (Phi) is 3.90. The van der Waals surface area contributed by atoms with Crippen LogP contribution in [-0.2, 0) is 6.54 Å². The number of benzene rings is 1. The SMILES string of the molecule is CC(C)C1(CNCc2cc(C(=O)O)ccc2F)CC1. The third kappa shape index (κ3) is 3.13. The highest BCUT2D eigenvalue weighted by Crippen LogP contribution is 2.51. The van der Waals surface area contributed by atoms with Crippen molar-refractivity contribution in [3.63, 3.8) is 0 Å². The molecule has 0 aromatic heterocycles. The highest BCUT2D eigenvalue weighted by molar-refractivity contribution is 5.87. The maximum Gasteiger partial charge on any atom is 0.335 e. The first kappa shape index (κ1) is 14.0. The van der Waals surface area contributed by atoms with Gasteiger partial charge in [0, 0.05) is 18.7 Å². The molecular weight excluding hydrogens is 245 g/mol. The van der Waals surface area contributed by atoms with Gasteiger partial charge in [0.15, 0.2) is 0 Å². The lowest BCUT2D eigenvalue weighted by Crippen LogP contribution is -2.27. The van der Waals surface area contributed by atoms with E-state index in [9.17, 15) is 9.18 Å². The third-order valence-electron chi connectivity index (χ3n) is 4.20. The third-order valence-corrected chi connectivity index (χ3v) is 4.20. The number of rotatable bonds is 6. The number of hydrogen-bond acceptors (Lipinski definition) is 2. The fraction of sp³-hybridized carbons (Fsp3) is 0.533. The number of hydrogen-bond donors (Lipinski definition) is 2. The summed E-state index contributed by atoms with van der Waals surface area (Å²) in [6.45, 7) is 5.66. The molecule has 0 aliphatic heterocycles. The average Bonchev–Trinajstić information content (AvgIpc) is 3.12. The van der Waals surface area contributed by atoms with Crippen molar-refractivity contribution in [2.24, 2.45) is 11.3 Å². The second-order valence-corrected chi connectivity index (χ2v) is 5.73. The lowest BCUT2D eigenvalue weighted by Gasteiger charge is -2.20. The molecule has 1 fully saturated rings. The molecule has 2 rings (SSSR count). The summed E-state index contributed by atoms with van der Waals surface area (Å²) in [5, 5.41) is 12.2. The van der Waals surface area contributed by atoms with Crippen LogP contribution in [0.5, 0.6) is 0 Å². The standard InChI is InChI=1S/C15H20FNO2/c1-10(2)15(5-6-15)9-17-8-12-7-11(14(18)19)3-4-13(12)16/h3-4,7,10,17H,5-6,8-9H2,1-2H3,(H,18,19). The van der Waals surface area contributed by atoms with Gasteiger partial charge in [0.25, 0.3) is 0 Å². The molecule has 19 heavy (non-hydrogen) atoms. The maximum absolute atomic E-state index is 13.6. The van der Waals surface area contributed by atoms with E-state index < -0.39 is 5.97 Å². The highest BCUT2D eigenvalue weighted by atomic mass is 19.1. The second kappa shape index (κ2) is 5.29. The lowest BCUT2D eigenvalue weighted by molar-refractivity contribution is 0.0696. The lowest BCUT2D eigenvalue weighted by atomic mass is 9.92. The van der Waals surface area contributed by atoms with E-state index in [-0.39, 0.29) is 11.4 Å². The largest absolute Gasteiger partial charge is 0.478 e. The molecule has 0 heterocycles. The fourth-order valence-corrected chi connectivity index (χ4v) is 2.41. The Morgan fingerprint density at radius 2 is 2.16 bits per heavy atom. The molecule has 1 aliphatic carbocycles. The molecule has 2 N–H and O–H groups in total. The zero-order valence-electron chi connectivity index (χ0n) is 11.4. The van der Waals surface area contributed by atoms with Gasteiger partial charge in [-0.25, -0.2) is 9.18 Å². The van der Waals surface area contributed by atoms with Crippen molar-refractivity contribution in [3.05, 3.63) is 35.1 Å². The molecule has 104 valence electrons. The van der Waals surface area contributed by atoms with Gasteiger partial charge < -0.3 is 10.4 Å². The summed E-state index contributed by atoms with van der Waals surface area (Å²) >= 11 is 0. The van der Waals surface area contributed by atoms with E-state index >= 15 is 0 Å². The maximum atomic E-state index is 13.6. The van der Waals surface area contributed by atoms with E-state index in [1.165, 1.54) is 31.0 Å². The van der Waals surface area contributed by atoms with Crippen molar-refractivity contribution in [1.82, 2.24) is 5.32 Å². The molecule has 1 aromatic carbocycles. The van der Waals surface area contributed by atoms with E-state index in [0.717, 1.165) is 6.54 Å². The van der Waals surface area contributed by atoms with E-state index in [1.54, 1.807) is 0 Å². The topological polar surface area (TPSA) is 49.3 Å². The van der Waals surface area contributed by atoms with E-state index in [4.69, 9.17) is 5.11 Å². The smallest absolute Gasteiger partial charge is 0.335 e. The molecule has 1 aromatic rings. The molecule has 0 bridgehead atoms. The van der Waals surface area contributed by atoms with Crippen molar-refractivity contribution in [2.75, 3.05) is 6.54 Å². The molecular formula is C15H20FNO2. The number of carboxylic acids is 1. The minimum atomic E-state index is -1.03. The summed E-state index contributed by atoms with van der Waals surface area (Å²) in [7, 11) is 0. The molecule has 3 nitrogen and oxygen atoms in total. The molecule has 1 saturated carbocycles. The summed E-state index contributed by atoms with van der Waals surface area (Å²) < 4.78 is 13.6. The second-order valence-electron chi connectivity index (χ2n) is 5.73. The Morgan fingerprint density at radius 3 is 2.68 bits per heavy atom. The van der Waals surface area contributed by atoms with E-state index in [2.05, 4.69) is 19.2 Å². The Bertz CT molecular complexity index is 481. The van der Waals surface area contributed by atoms with Crippen LogP contribution in [0.15, 0.2) is 18.2 Å². The predicted molar refractivity (Wildman–Crippen MR) is 71.6 cm³/mol. The van der Waals surface area contributed by atoms with Crippen LogP contribution < -0.4 is 5.32 Å². The van der Waals surface area contributed by atoms with Crippen LogP contribution in [-0.4, -0.2) is 17.6 Å². The van der Waals surface area contributed by atoms with Crippen molar-refractivity contribution in [1.29, 1.82) is 0 Å². The van der Waals surface area contributed by atoms with Crippen LogP contribution in [0, 0.1) is 17.2 Å². The van der Waals surface area contributed by atoms with Gasteiger partial charge in [0.05, 0.1) is 5.56 Å². The van der Waals surface area contributed by atoms with Crippen molar-refractivity contribution in [3.8, 4) is 0 Å². The number of halogens is 1. The first-order chi connectivity index (χ1) is 8.94. The van der Waals surface area contributed by atoms with Gasteiger partial charge in [-0.15, -0.1) is 0 Å². The van der Waals surface area contributed by atoms with Crippen molar-refractivity contribution in [2.45, 2.75) is 33.2 Å². The van der Waals surface area contributed by atoms with Crippen LogP contribution in [0.3, 0.4) is 0 Å². The summed E-state index contributed by atoms with van der Waals surface area (Å²) in [5.41, 5.74) is 0.906. The molecule has 0 saturated heterocycles. The number of carboxylic acid groups (broad SMARTS) is 1. The molecule has 1 aliphatic rings. The minimum absolute atomic E-state index is 0.128. The predicted octanol–water partition coefficient (Wildman–Crippen LogP) is 3.05.